The molecule has 118 valence electrons. The molecule has 0 saturated carbocycles. The topological polar surface area (TPSA) is 32.5 Å². The van der Waals surface area contributed by atoms with Crippen molar-refractivity contribution in [3.05, 3.63) is 33.8 Å². The Hall–Kier alpha value is -0.320. The lowest BCUT2D eigenvalue weighted by Crippen LogP contribution is -2.39. The lowest BCUT2D eigenvalue weighted by molar-refractivity contribution is 0.151. The van der Waals surface area contributed by atoms with E-state index < -0.39 is 0 Å². The third-order valence-electron chi connectivity index (χ3n) is 4.47. The molecule has 5 heteroatoms. The molecule has 21 heavy (non-hydrogen) atoms. The van der Waals surface area contributed by atoms with E-state index in [9.17, 15) is 0 Å². The van der Waals surface area contributed by atoms with E-state index in [2.05, 4.69) is 23.9 Å². The Balaban J connectivity index is 2.06. The molecule has 0 bridgehead atoms. The van der Waals surface area contributed by atoms with E-state index in [1.807, 2.05) is 18.2 Å². The Morgan fingerprint density at radius 1 is 1.29 bits per heavy atom. The number of likely N-dealkylation sites (N-methyl/N-ethyl adjacent to an activating group) is 1. The highest BCUT2D eigenvalue weighted by molar-refractivity contribution is 6.36. The van der Waals surface area contributed by atoms with Gasteiger partial charge in [0.15, 0.2) is 0 Å². The van der Waals surface area contributed by atoms with Crippen LogP contribution in [0.25, 0.3) is 0 Å². The SMILES string of the molecule is CN1CCC(CN(C)C(CN)c2c(Cl)cccc2Cl)CC1. The van der Waals surface area contributed by atoms with Crippen LogP contribution in [0.5, 0.6) is 0 Å². The summed E-state index contributed by atoms with van der Waals surface area (Å²) in [5.74, 6) is 0.724. The Morgan fingerprint density at radius 2 is 1.86 bits per heavy atom. The maximum atomic E-state index is 6.34. The van der Waals surface area contributed by atoms with E-state index >= 15 is 0 Å². The van der Waals surface area contributed by atoms with Crippen LogP contribution < -0.4 is 5.73 Å². The van der Waals surface area contributed by atoms with E-state index in [1.165, 1.54) is 25.9 Å². The zero-order valence-electron chi connectivity index (χ0n) is 12.9. The van der Waals surface area contributed by atoms with E-state index in [1.54, 1.807) is 0 Å². The highest BCUT2D eigenvalue weighted by Crippen LogP contribution is 2.33. The molecule has 1 aromatic carbocycles. The molecule has 1 aliphatic rings. The second-order valence-corrected chi connectivity index (χ2v) is 6.89. The van der Waals surface area contributed by atoms with Crippen molar-refractivity contribution < 1.29 is 0 Å². The first-order chi connectivity index (χ1) is 10.0. The number of nitrogens with zero attached hydrogens (tertiary/aromatic N) is 2. The number of hydrogen-bond donors (Lipinski definition) is 1. The number of rotatable bonds is 5. The van der Waals surface area contributed by atoms with Gasteiger partial charge < -0.3 is 10.6 Å². The summed E-state index contributed by atoms with van der Waals surface area (Å²) >= 11 is 12.7. The van der Waals surface area contributed by atoms with Crippen molar-refractivity contribution in [1.29, 1.82) is 0 Å². The van der Waals surface area contributed by atoms with Gasteiger partial charge in [0.25, 0.3) is 0 Å². The van der Waals surface area contributed by atoms with Crippen LogP contribution in [0.2, 0.25) is 10.0 Å². The maximum Gasteiger partial charge on any atom is 0.0497 e. The highest BCUT2D eigenvalue weighted by atomic mass is 35.5. The van der Waals surface area contributed by atoms with Gasteiger partial charge in [0.1, 0.15) is 0 Å². The van der Waals surface area contributed by atoms with Gasteiger partial charge in [0, 0.05) is 34.7 Å². The van der Waals surface area contributed by atoms with Crippen molar-refractivity contribution in [2.75, 3.05) is 40.3 Å². The minimum absolute atomic E-state index is 0.0749. The highest BCUT2D eigenvalue weighted by Gasteiger charge is 2.25. The molecule has 0 aliphatic carbocycles. The molecule has 0 radical (unpaired) electrons. The zero-order chi connectivity index (χ0) is 15.4. The molecule has 0 aromatic heterocycles. The molecule has 1 atom stereocenters. The third-order valence-corrected chi connectivity index (χ3v) is 5.13. The summed E-state index contributed by atoms with van der Waals surface area (Å²) in [4.78, 5) is 4.70. The van der Waals surface area contributed by atoms with Gasteiger partial charge in [-0.2, -0.15) is 0 Å². The first-order valence-corrected chi connectivity index (χ1v) is 8.31. The van der Waals surface area contributed by atoms with Crippen molar-refractivity contribution in [1.82, 2.24) is 9.80 Å². The molecule has 2 N–H and O–H groups in total. The van der Waals surface area contributed by atoms with Crippen molar-refractivity contribution in [2.24, 2.45) is 11.7 Å². The quantitative estimate of drug-likeness (QED) is 0.899. The Bertz CT molecular complexity index is 439. The molecule has 1 saturated heterocycles. The largest absolute Gasteiger partial charge is 0.329 e. The van der Waals surface area contributed by atoms with Crippen molar-refractivity contribution >= 4 is 23.2 Å². The van der Waals surface area contributed by atoms with Gasteiger partial charge in [-0.1, -0.05) is 29.3 Å². The van der Waals surface area contributed by atoms with Crippen LogP contribution in [0.15, 0.2) is 18.2 Å². The van der Waals surface area contributed by atoms with Crippen LogP contribution in [0.3, 0.4) is 0 Å². The average molecular weight is 330 g/mol. The average Bonchev–Trinajstić information content (AvgIpc) is 2.45. The molecule has 1 fully saturated rings. The predicted octanol–water partition coefficient (Wildman–Crippen LogP) is 3.27. The molecule has 1 aromatic rings. The smallest absolute Gasteiger partial charge is 0.0497 e. The summed E-state index contributed by atoms with van der Waals surface area (Å²) in [7, 11) is 4.31. The van der Waals surface area contributed by atoms with E-state index in [4.69, 9.17) is 28.9 Å². The number of benzene rings is 1. The Kier molecular flexibility index (Phi) is 6.33. The molecule has 0 spiro atoms. The first kappa shape index (κ1) is 17.0. The second kappa shape index (κ2) is 7.80. The monoisotopic (exact) mass is 329 g/mol. The number of likely N-dealkylation sites (tertiary alicyclic amines) is 1. The molecular formula is C16H25Cl2N3. The fourth-order valence-corrected chi connectivity index (χ4v) is 3.78. The summed E-state index contributed by atoms with van der Waals surface area (Å²) in [5.41, 5.74) is 6.96. The summed E-state index contributed by atoms with van der Waals surface area (Å²) in [6, 6.07) is 5.72. The van der Waals surface area contributed by atoms with Gasteiger partial charge in [-0.15, -0.1) is 0 Å². The maximum absolute atomic E-state index is 6.34. The van der Waals surface area contributed by atoms with Gasteiger partial charge in [-0.05, 0) is 58.1 Å². The molecular weight excluding hydrogens is 305 g/mol. The lowest BCUT2D eigenvalue weighted by Gasteiger charge is -2.35. The number of hydrogen-bond acceptors (Lipinski definition) is 3. The molecule has 3 nitrogen and oxygen atoms in total. The van der Waals surface area contributed by atoms with Gasteiger partial charge in [0.2, 0.25) is 0 Å². The summed E-state index contributed by atoms with van der Waals surface area (Å²) in [6.45, 7) is 3.92. The van der Waals surface area contributed by atoms with Crippen molar-refractivity contribution in [3.8, 4) is 0 Å². The molecule has 1 unspecified atom stereocenters. The van der Waals surface area contributed by atoms with Gasteiger partial charge in [-0.25, -0.2) is 0 Å². The lowest BCUT2D eigenvalue weighted by atomic mass is 9.95. The predicted molar refractivity (Wildman–Crippen MR) is 91.1 cm³/mol. The Labute approximate surface area is 138 Å². The van der Waals surface area contributed by atoms with Crippen LogP contribution in [0.4, 0.5) is 0 Å². The fraction of sp³-hybridized carbons (Fsp3) is 0.625. The van der Waals surface area contributed by atoms with E-state index in [0.29, 0.717) is 16.6 Å². The number of nitrogens with two attached hydrogens (primary N) is 1. The third kappa shape index (κ3) is 4.33. The van der Waals surface area contributed by atoms with E-state index in [-0.39, 0.29) is 6.04 Å². The number of piperidine rings is 1. The summed E-state index contributed by atoms with van der Waals surface area (Å²) < 4.78 is 0. The summed E-state index contributed by atoms with van der Waals surface area (Å²) in [5, 5.41) is 1.40. The number of halogens is 2. The molecule has 1 aliphatic heterocycles. The molecule has 1 heterocycles. The normalized spacial score (nSPS) is 19.1. The standard InChI is InChI=1S/C16H25Cl2N3/c1-20-8-6-12(7-9-20)11-21(2)15(10-19)16-13(17)4-3-5-14(16)18/h3-5,12,15H,6-11,19H2,1-2H3. The minimum Gasteiger partial charge on any atom is -0.329 e. The fourth-order valence-electron chi connectivity index (χ4n) is 3.13. The van der Waals surface area contributed by atoms with Crippen LogP contribution in [0.1, 0.15) is 24.4 Å². The summed E-state index contributed by atoms with van der Waals surface area (Å²) in [6.07, 6.45) is 2.49. The molecule has 2 rings (SSSR count). The van der Waals surface area contributed by atoms with Crippen LogP contribution in [-0.4, -0.2) is 50.1 Å². The van der Waals surface area contributed by atoms with Crippen LogP contribution in [-0.2, 0) is 0 Å². The van der Waals surface area contributed by atoms with Crippen LogP contribution in [0, 0.1) is 5.92 Å². The first-order valence-electron chi connectivity index (χ1n) is 7.55. The van der Waals surface area contributed by atoms with Gasteiger partial charge in [-0.3, -0.25) is 4.90 Å². The van der Waals surface area contributed by atoms with Gasteiger partial charge >= 0.3 is 0 Å². The zero-order valence-corrected chi connectivity index (χ0v) is 14.4. The second-order valence-electron chi connectivity index (χ2n) is 6.07. The molecule has 0 amide bonds. The Morgan fingerprint density at radius 3 is 2.38 bits per heavy atom. The van der Waals surface area contributed by atoms with Gasteiger partial charge in [0.05, 0.1) is 0 Å². The van der Waals surface area contributed by atoms with E-state index in [0.717, 1.165) is 18.0 Å². The van der Waals surface area contributed by atoms with Crippen LogP contribution >= 0.6 is 23.2 Å². The minimum atomic E-state index is 0.0749. The van der Waals surface area contributed by atoms with Crippen molar-refractivity contribution in [2.45, 2.75) is 18.9 Å². The van der Waals surface area contributed by atoms with Crippen molar-refractivity contribution in [3.63, 3.8) is 0 Å².